The number of amides is 1. The maximum Gasteiger partial charge on any atom is 0.392 e. The quantitative estimate of drug-likeness (QED) is 0.582. The summed E-state index contributed by atoms with van der Waals surface area (Å²) in [7, 11) is 0. The summed E-state index contributed by atoms with van der Waals surface area (Å²) in [6, 6.07) is -0.796. The van der Waals surface area contributed by atoms with Gasteiger partial charge in [-0.1, -0.05) is 0 Å². The summed E-state index contributed by atoms with van der Waals surface area (Å²) >= 11 is 0. The maximum atomic E-state index is 12.0. The molecule has 14 heavy (non-hydrogen) atoms. The Morgan fingerprint density at radius 3 is 2.50 bits per heavy atom. The molecular formula is C7H10F3NO3. The molecule has 4 nitrogen and oxygen atoms in total. The number of hydrogen-bond donors (Lipinski definition) is 3. The summed E-state index contributed by atoms with van der Waals surface area (Å²) in [5, 5.41) is 20.0. The Kier molecular flexibility index (Phi) is 2.73. The van der Waals surface area contributed by atoms with Gasteiger partial charge in [0.2, 0.25) is 0 Å². The molecule has 1 saturated heterocycles. The normalized spacial score (nSPS) is 33.2. The maximum absolute atomic E-state index is 12.0. The molecule has 0 saturated carbocycles. The molecule has 1 rings (SSSR count). The third-order valence-corrected chi connectivity index (χ3v) is 2.06. The average molecular weight is 213 g/mol. The molecule has 0 aromatic carbocycles. The molecule has 82 valence electrons. The lowest BCUT2D eigenvalue weighted by Crippen LogP contribution is -2.41. The van der Waals surface area contributed by atoms with Gasteiger partial charge in [-0.15, -0.1) is 0 Å². The molecule has 1 fully saturated rings. The van der Waals surface area contributed by atoms with Gasteiger partial charge in [0.25, 0.3) is 5.91 Å². The van der Waals surface area contributed by atoms with E-state index in [9.17, 15) is 23.1 Å². The Labute approximate surface area is 77.7 Å². The highest BCUT2D eigenvalue weighted by molar-refractivity contribution is 5.87. The van der Waals surface area contributed by atoms with E-state index >= 15 is 0 Å². The first kappa shape index (κ1) is 11.3. The van der Waals surface area contributed by atoms with Crippen LogP contribution < -0.4 is 5.32 Å². The van der Waals surface area contributed by atoms with E-state index in [2.05, 4.69) is 5.32 Å². The minimum absolute atomic E-state index is 0.415. The van der Waals surface area contributed by atoms with Crippen molar-refractivity contribution in [2.24, 2.45) is 0 Å². The lowest BCUT2D eigenvalue weighted by molar-refractivity contribution is -0.180. The van der Waals surface area contributed by atoms with E-state index < -0.39 is 43.2 Å². The van der Waals surface area contributed by atoms with Gasteiger partial charge in [-0.25, -0.2) is 0 Å². The lowest BCUT2D eigenvalue weighted by Gasteiger charge is -2.20. The van der Waals surface area contributed by atoms with Gasteiger partial charge in [-0.05, 0) is 0 Å². The highest BCUT2D eigenvalue weighted by atomic mass is 19.4. The predicted octanol–water partition coefficient (Wildman–Crippen LogP) is -0.449. The molecule has 0 spiro atoms. The molecule has 1 aliphatic rings. The van der Waals surface area contributed by atoms with Crippen molar-refractivity contribution in [3.63, 3.8) is 0 Å². The number of aliphatic hydroxyl groups is 2. The van der Waals surface area contributed by atoms with E-state index in [-0.39, 0.29) is 0 Å². The number of nitrogens with one attached hydrogen (secondary N) is 1. The van der Waals surface area contributed by atoms with Crippen molar-refractivity contribution in [2.45, 2.75) is 30.7 Å². The number of aliphatic hydroxyl groups excluding tert-OH is 1. The van der Waals surface area contributed by atoms with Crippen molar-refractivity contribution in [3.8, 4) is 0 Å². The van der Waals surface area contributed by atoms with Crippen molar-refractivity contribution < 1.29 is 28.2 Å². The zero-order chi connectivity index (χ0) is 11.0. The van der Waals surface area contributed by atoms with Crippen LogP contribution in [-0.4, -0.2) is 40.5 Å². The molecule has 0 aliphatic carbocycles. The second-order valence-corrected chi connectivity index (χ2v) is 3.38. The molecule has 0 radical (unpaired) electrons. The van der Waals surface area contributed by atoms with Crippen LogP contribution in [0.5, 0.6) is 0 Å². The van der Waals surface area contributed by atoms with Gasteiger partial charge in [-0.2, -0.15) is 13.2 Å². The van der Waals surface area contributed by atoms with E-state index in [0.29, 0.717) is 0 Å². The third kappa shape index (κ3) is 2.36. The van der Waals surface area contributed by atoms with Crippen LogP contribution >= 0.6 is 0 Å². The fraction of sp³-hybridized carbons (Fsp3) is 0.857. The number of carbonyl (C=O) groups excluding carboxylic acids is 1. The van der Waals surface area contributed by atoms with Crippen LogP contribution in [0.4, 0.5) is 13.2 Å². The van der Waals surface area contributed by atoms with Gasteiger partial charge >= 0.3 is 6.18 Å². The first-order valence-corrected chi connectivity index (χ1v) is 3.98. The molecule has 0 aromatic heterocycles. The molecule has 3 N–H and O–H groups in total. The number of carbonyl (C=O) groups is 1. The Morgan fingerprint density at radius 2 is 2.14 bits per heavy atom. The summed E-state index contributed by atoms with van der Waals surface area (Å²) in [5.74, 6) is -1.08. The van der Waals surface area contributed by atoms with E-state index in [0.717, 1.165) is 0 Å². The van der Waals surface area contributed by atoms with Gasteiger partial charge in [0.1, 0.15) is 0 Å². The molecule has 2 unspecified atom stereocenters. The van der Waals surface area contributed by atoms with Crippen LogP contribution in [0.15, 0.2) is 0 Å². The standard InChI is InChI=1S/C7H10F3NO3/c8-7(9,10)3-6(14)1-4(2-12)11-5(6)13/h4,12,14H,1-3H2,(H,11,13). The second kappa shape index (κ2) is 3.39. The molecule has 7 heteroatoms. The van der Waals surface area contributed by atoms with Gasteiger partial charge < -0.3 is 15.5 Å². The summed E-state index contributed by atoms with van der Waals surface area (Å²) in [5.41, 5.74) is -2.42. The Balaban J connectivity index is 2.70. The number of rotatable bonds is 2. The Hall–Kier alpha value is -0.820. The second-order valence-electron chi connectivity index (χ2n) is 3.38. The summed E-state index contributed by atoms with van der Waals surface area (Å²) in [6.45, 7) is -0.480. The van der Waals surface area contributed by atoms with Crippen LogP contribution in [0, 0.1) is 0 Å². The Bertz CT molecular complexity index is 243. The lowest BCUT2D eigenvalue weighted by atomic mass is 9.95. The van der Waals surface area contributed by atoms with Crippen molar-refractivity contribution in [3.05, 3.63) is 0 Å². The van der Waals surface area contributed by atoms with Crippen molar-refractivity contribution in [1.29, 1.82) is 0 Å². The third-order valence-electron chi connectivity index (χ3n) is 2.06. The van der Waals surface area contributed by atoms with E-state index in [4.69, 9.17) is 5.11 Å². The number of hydrogen-bond acceptors (Lipinski definition) is 3. The zero-order valence-corrected chi connectivity index (χ0v) is 7.14. The predicted molar refractivity (Wildman–Crippen MR) is 39.3 cm³/mol. The molecule has 2 atom stereocenters. The van der Waals surface area contributed by atoms with Gasteiger partial charge in [0.15, 0.2) is 5.60 Å². The molecule has 0 aromatic rings. The summed E-state index contributed by atoms with van der Waals surface area (Å²) in [6.07, 6.45) is -6.60. The molecule has 0 bridgehead atoms. The van der Waals surface area contributed by atoms with Crippen LogP contribution in [0.25, 0.3) is 0 Å². The van der Waals surface area contributed by atoms with Crippen LogP contribution in [0.3, 0.4) is 0 Å². The fourth-order valence-corrected chi connectivity index (χ4v) is 1.47. The van der Waals surface area contributed by atoms with Gasteiger partial charge in [0, 0.05) is 6.42 Å². The number of halogens is 3. The van der Waals surface area contributed by atoms with Crippen molar-refractivity contribution in [2.75, 3.05) is 6.61 Å². The monoisotopic (exact) mass is 213 g/mol. The van der Waals surface area contributed by atoms with Gasteiger partial charge in [0.05, 0.1) is 19.1 Å². The first-order chi connectivity index (χ1) is 6.27. The summed E-state index contributed by atoms with van der Waals surface area (Å²) in [4.78, 5) is 11.0. The SMILES string of the molecule is O=C1NC(CO)CC1(O)CC(F)(F)F. The molecular weight excluding hydrogens is 203 g/mol. The zero-order valence-electron chi connectivity index (χ0n) is 7.14. The van der Waals surface area contributed by atoms with Gasteiger partial charge in [-0.3, -0.25) is 4.79 Å². The smallest absolute Gasteiger partial charge is 0.392 e. The van der Waals surface area contributed by atoms with Crippen molar-refractivity contribution in [1.82, 2.24) is 5.32 Å². The molecule has 1 aliphatic heterocycles. The minimum Gasteiger partial charge on any atom is -0.394 e. The highest BCUT2D eigenvalue weighted by Gasteiger charge is 2.51. The molecule has 1 heterocycles. The fourth-order valence-electron chi connectivity index (χ4n) is 1.47. The average Bonchev–Trinajstić information content (AvgIpc) is 2.24. The van der Waals surface area contributed by atoms with E-state index in [1.165, 1.54) is 0 Å². The minimum atomic E-state index is -4.60. The van der Waals surface area contributed by atoms with Crippen LogP contribution in [0.2, 0.25) is 0 Å². The highest BCUT2D eigenvalue weighted by Crippen LogP contribution is 2.33. The summed E-state index contributed by atoms with van der Waals surface area (Å²) < 4.78 is 35.9. The van der Waals surface area contributed by atoms with E-state index in [1.807, 2.05) is 0 Å². The topological polar surface area (TPSA) is 69.6 Å². The first-order valence-electron chi connectivity index (χ1n) is 3.98. The largest absolute Gasteiger partial charge is 0.394 e. The van der Waals surface area contributed by atoms with Crippen molar-refractivity contribution >= 4 is 5.91 Å². The molecule has 1 amide bonds. The number of alkyl halides is 3. The van der Waals surface area contributed by atoms with Crippen LogP contribution in [-0.2, 0) is 4.79 Å². The van der Waals surface area contributed by atoms with E-state index in [1.54, 1.807) is 0 Å². The van der Waals surface area contributed by atoms with Crippen LogP contribution in [0.1, 0.15) is 12.8 Å². The Morgan fingerprint density at radius 1 is 1.57 bits per heavy atom.